The SMILES string of the molecule is C.C.CC(C)(C)O.CC(C)(C)OC(=O)c1ccc(Br)[nH]1.CC(C)(C)OC(=O)c1ccc[nH]1.O=C(O)c1ccc[nH]1.[B]=NS. The van der Waals surface area contributed by atoms with Gasteiger partial charge in [-0.1, -0.05) is 14.9 Å². The van der Waals surface area contributed by atoms with Crippen molar-refractivity contribution in [2.45, 2.75) is 94.0 Å². The summed E-state index contributed by atoms with van der Waals surface area (Å²) in [6.45, 7) is 16.3. The van der Waals surface area contributed by atoms with Gasteiger partial charge in [0.2, 0.25) is 0 Å². The van der Waals surface area contributed by atoms with Crippen molar-refractivity contribution in [3.05, 3.63) is 70.5 Å². The van der Waals surface area contributed by atoms with Crippen LogP contribution >= 0.6 is 28.7 Å². The van der Waals surface area contributed by atoms with Crippen LogP contribution in [0.1, 0.15) is 109 Å². The number of H-pyrrole nitrogens is 3. The van der Waals surface area contributed by atoms with Crippen LogP contribution < -0.4 is 0 Å². The second kappa shape index (κ2) is 22.4. The summed E-state index contributed by atoms with van der Waals surface area (Å²) >= 11 is 6.41. The number of carbonyl (C=O) groups excluding carboxylic acids is 2. The Morgan fingerprint density at radius 2 is 1.14 bits per heavy atom. The second-order valence-electron chi connectivity index (χ2n) is 11.0. The zero-order chi connectivity index (χ0) is 32.4. The standard InChI is InChI=1S/C9H12BrNO2.C9H13NO2.C5H5NO2.C4H10O.2CH4.BHNS/c1-9(2,3)13-8(12)6-4-5-7(10)11-6;1-9(2,3)12-8(11)7-5-4-6-10-7;7-5(8)4-2-1-3-6-4;1-4(2,3)5;;;1-2-3/h4-5,11H,1-3H3;4-6,10H,1-3H3;1-3,6H,(H,7,8);5H,1-3H3;2*1H4;3H. The van der Waals surface area contributed by atoms with Crippen LogP contribution in [-0.4, -0.2) is 67.5 Å². The van der Waals surface area contributed by atoms with Gasteiger partial charge in [0.15, 0.2) is 0 Å². The number of nitrogens with one attached hydrogen (secondary N) is 3. The molecule has 0 atom stereocenters. The van der Waals surface area contributed by atoms with Gasteiger partial charge in [-0.15, -0.1) is 0 Å². The Morgan fingerprint density at radius 3 is 1.37 bits per heavy atom. The van der Waals surface area contributed by atoms with E-state index < -0.39 is 22.8 Å². The van der Waals surface area contributed by atoms with E-state index in [1.54, 1.807) is 63.5 Å². The number of hydrogen-bond donors (Lipinski definition) is 6. The molecule has 0 saturated heterocycles. The Morgan fingerprint density at radius 1 is 0.791 bits per heavy atom. The van der Waals surface area contributed by atoms with Crippen LogP contribution in [0.3, 0.4) is 0 Å². The van der Waals surface area contributed by atoms with E-state index in [9.17, 15) is 14.4 Å². The van der Waals surface area contributed by atoms with Crippen molar-refractivity contribution in [1.29, 1.82) is 0 Å². The minimum atomic E-state index is -0.921. The molecule has 0 aliphatic rings. The van der Waals surface area contributed by atoms with E-state index in [0.29, 0.717) is 11.4 Å². The van der Waals surface area contributed by atoms with E-state index >= 15 is 0 Å². The number of halogens is 1. The summed E-state index contributed by atoms with van der Waals surface area (Å²) < 4.78 is 13.7. The molecule has 3 rings (SSSR count). The number of aromatic nitrogens is 3. The first kappa shape index (κ1) is 46.9. The van der Waals surface area contributed by atoms with Crippen LogP contribution in [0, 0.1) is 0 Å². The maximum atomic E-state index is 11.4. The predicted molar refractivity (Wildman–Crippen MR) is 180 cm³/mol. The molecule has 11 nitrogen and oxygen atoms in total. The molecule has 3 heterocycles. The number of aliphatic hydroxyl groups is 1. The number of thiol groups is 1. The van der Waals surface area contributed by atoms with Crippen molar-refractivity contribution in [3.63, 3.8) is 0 Å². The Balaban J connectivity index is -0.000000235. The van der Waals surface area contributed by atoms with Crippen LogP contribution in [0.25, 0.3) is 0 Å². The summed E-state index contributed by atoms with van der Waals surface area (Å²) in [7, 11) is 4.34. The number of aromatic carboxylic acids is 1. The monoisotopic (exact) mass is 687 g/mol. The number of esters is 2. The predicted octanol–water partition coefficient (Wildman–Crippen LogP) is 7.65. The summed E-state index contributed by atoms with van der Waals surface area (Å²) in [6, 6.07) is 10.0. The van der Waals surface area contributed by atoms with Crippen molar-refractivity contribution in [2.75, 3.05) is 0 Å². The Kier molecular flexibility index (Phi) is 24.5. The van der Waals surface area contributed by atoms with Crippen LogP contribution in [0.15, 0.2) is 57.7 Å². The molecule has 0 fully saturated rings. The van der Waals surface area contributed by atoms with Gasteiger partial charge in [0.1, 0.15) is 28.3 Å². The van der Waals surface area contributed by atoms with Crippen molar-refractivity contribution in [1.82, 2.24) is 15.0 Å². The number of aromatic amines is 3. The summed E-state index contributed by atoms with van der Waals surface area (Å²) in [5.74, 6) is -1.57. The van der Waals surface area contributed by atoms with Crippen LogP contribution in [0.4, 0.5) is 0 Å². The number of carboxylic acid groups (broad SMARTS) is 1. The molecule has 3 aromatic rings. The number of carboxylic acids is 1. The Bertz CT molecular complexity index is 1160. The molecule has 0 saturated carbocycles. The summed E-state index contributed by atoms with van der Waals surface area (Å²) in [5.41, 5.74) is -0.201. The molecular formula is C29H49BBrN4O7S. The molecule has 43 heavy (non-hydrogen) atoms. The molecule has 243 valence electrons. The van der Waals surface area contributed by atoms with Crippen molar-refractivity contribution < 1.29 is 34.1 Å². The number of rotatable bonds is 3. The third-order valence-electron chi connectivity index (χ3n) is 3.31. The van der Waals surface area contributed by atoms with E-state index in [0.717, 1.165) is 4.60 Å². The van der Waals surface area contributed by atoms with Gasteiger partial charge in [-0.3, -0.25) is 0 Å². The first-order valence-corrected chi connectivity index (χ1v) is 13.4. The average molecular weight is 689 g/mol. The van der Waals surface area contributed by atoms with E-state index in [-0.39, 0.29) is 32.5 Å². The van der Waals surface area contributed by atoms with Crippen molar-refractivity contribution >= 4 is 54.3 Å². The van der Waals surface area contributed by atoms with E-state index in [4.69, 9.17) is 19.7 Å². The van der Waals surface area contributed by atoms with Gasteiger partial charge in [-0.25, -0.2) is 14.4 Å². The van der Waals surface area contributed by atoms with Gasteiger partial charge >= 0.3 is 42.7 Å². The van der Waals surface area contributed by atoms with Gasteiger partial charge in [0, 0.05) is 12.4 Å². The third-order valence-corrected chi connectivity index (χ3v) is 3.78. The van der Waals surface area contributed by atoms with Gasteiger partial charge in [-0.2, -0.15) is 0 Å². The van der Waals surface area contributed by atoms with Crippen LogP contribution in [-0.2, 0) is 9.47 Å². The Labute approximate surface area is 271 Å². The molecule has 0 aliphatic heterocycles. The molecule has 1 radical (unpaired) electrons. The van der Waals surface area contributed by atoms with E-state index in [2.05, 4.69) is 55.6 Å². The fourth-order valence-corrected chi connectivity index (χ4v) is 2.42. The van der Waals surface area contributed by atoms with Crippen molar-refractivity contribution in [3.8, 4) is 0 Å². The quantitative estimate of drug-likeness (QED) is 0.0933. The van der Waals surface area contributed by atoms with E-state index in [1.165, 1.54) is 6.07 Å². The summed E-state index contributed by atoms with van der Waals surface area (Å²) in [6.07, 6.45) is 3.27. The summed E-state index contributed by atoms with van der Waals surface area (Å²) in [4.78, 5) is 40.9. The number of ether oxygens (including phenoxy) is 2. The van der Waals surface area contributed by atoms with Gasteiger partial charge in [0.25, 0.3) is 0 Å². The number of carbonyl (C=O) groups is 3. The first-order chi connectivity index (χ1) is 18.6. The minimum absolute atomic E-state index is 0. The fraction of sp³-hybridized carbons (Fsp3) is 0.483. The molecule has 3 aromatic heterocycles. The van der Waals surface area contributed by atoms with Crippen LogP contribution in [0.5, 0.6) is 0 Å². The molecule has 5 N–H and O–H groups in total. The van der Waals surface area contributed by atoms with Gasteiger partial charge in [-0.05, 0) is 115 Å². The molecule has 14 heteroatoms. The molecule has 0 aromatic carbocycles. The first-order valence-electron chi connectivity index (χ1n) is 12.2. The zero-order valence-electron chi connectivity index (χ0n) is 24.9. The third kappa shape index (κ3) is 30.2. The number of nitrogens with zero attached hydrogens (tertiary/aromatic N) is 1. The maximum absolute atomic E-state index is 11.4. The van der Waals surface area contributed by atoms with E-state index in [1.807, 2.05) is 41.5 Å². The molecule has 0 bridgehead atoms. The van der Waals surface area contributed by atoms with Gasteiger partial charge in [0.05, 0.1) is 10.2 Å². The van der Waals surface area contributed by atoms with Crippen LogP contribution in [0.2, 0.25) is 0 Å². The van der Waals surface area contributed by atoms with Crippen molar-refractivity contribution in [2.24, 2.45) is 4.30 Å². The number of hydrogen-bond acceptors (Lipinski definition) is 8. The molecular weight excluding hydrogens is 639 g/mol. The average Bonchev–Trinajstić information content (AvgIpc) is 3.54. The molecule has 0 aliphatic carbocycles. The summed E-state index contributed by atoms with van der Waals surface area (Å²) in [5, 5.41) is 16.8. The molecule has 0 unspecified atom stereocenters. The fourth-order valence-electron chi connectivity index (χ4n) is 2.07. The normalized spacial score (nSPS) is 9.93. The zero-order valence-corrected chi connectivity index (χ0v) is 27.4. The van der Waals surface area contributed by atoms with Gasteiger partial charge < -0.3 is 34.6 Å². The second-order valence-corrected chi connectivity index (χ2v) is 12.1. The topological polar surface area (TPSA) is 170 Å². The Hall–Kier alpha value is -3.10. The molecule has 0 amide bonds. The molecule has 0 spiro atoms.